The van der Waals surface area contributed by atoms with Crippen LogP contribution in [0, 0.1) is 0 Å². The number of hydrogen-bond acceptors (Lipinski definition) is 7. The van der Waals surface area contributed by atoms with E-state index in [1.165, 1.54) is 13.3 Å². The predicted molar refractivity (Wildman–Crippen MR) is 131 cm³/mol. The third-order valence-electron chi connectivity index (χ3n) is 4.33. The van der Waals surface area contributed by atoms with E-state index < -0.39 is 7.14 Å². The molecule has 0 unspecified atom stereocenters. The van der Waals surface area contributed by atoms with Gasteiger partial charge in [0.15, 0.2) is 5.82 Å². The average molecular weight is 494 g/mol. The van der Waals surface area contributed by atoms with E-state index in [1.54, 1.807) is 31.5 Å². The lowest BCUT2D eigenvalue weighted by atomic mass is 10.2. The number of methoxy groups -OCH3 is 1. The SMILES string of the molecule is COc1ccc(NC(=O)CCl)cc1Nc1ncc(Cl)c(Nc2ccccc2P(C)(C)=O)n1. The van der Waals surface area contributed by atoms with Crippen LogP contribution >= 0.6 is 30.3 Å². The van der Waals surface area contributed by atoms with E-state index in [0.29, 0.717) is 39.0 Å². The van der Waals surface area contributed by atoms with E-state index >= 15 is 0 Å². The molecule has 0 saturated heterocycles. The minimum absolute atomic E-state index is 0.159. The molecular formula is C21H22Cl2N5O3P. The maximum Gasteiger partial charge on any atom is 0.239 e. The van der Waals surface area contributed by atoms with E-state index in [0.717, 1.165) is 0 Å². The molecule has 3 aromatic rings. The van der Waals surface area contributed by atoms with Gasteiger partial charge in [0.1, 0.15) is 23.8 Å². The Balaban J connectivity index is 1.91. The number of aromatic nitrogens is 2. The molecule has 168 valence electrons. The van der Waals surface area contributed by atoms with E-state index in [9.17, 15) is 9.36 Å². The summed E-state index contributed by atoms with van der Waals surface area (Å²) in [5.41, 5.74) is 1.71. The molecule has 2 aromatic carbocycles. The topological polar surface area (TPSA) is 105 Å². The van der Waals surface area contributed by atoms with Crippen molar-refractivity contribution in [3.63, 3.8) is 0 Å². The fraction of sp³-hybridized carbons (Fsp3) is 0.190. The van der Waals surface area contributed by atoms with Crippen LogP contribution in [0.25, 0.3) is 0 Å². The Kier molecular flexibility index (Phi) is 7.61. The molecule has 3 rings (SSSR count). The third kappa shape index (κ3) is 5.91. The molecular weight excluding hydrogens is 472 g/mol. The molecule has 32 heavy (non-hydrogen) atoms. The normalized spacial score (nSPS) is 11.0. The van der Waals surface area contributed by atoms with Gasteiger partial charge < -0.3 is 25.3 Å². The first-order valence-corrected chi connectivity index (χ1v) is 13.0. The summed E-state index contributed by atoms with van der Waals surface area (Å²) in [5.74, 6) is 0.610. The zero-order valence-corrected chi connectivity index (χ0v) is 20.1. The van der Waals surface area contributed by atoms with Crippen molar-refractivity contribution in [1.82, 2.24) is 9.97 Å². The van der Waals surface area contributed by atoms with Gasteiger partial charge in [0, 0.05) is 11.0 Å². The van der Waals surface area contributed by atoms with Crippen LogP contribution in [0.1, 0.15) is 0 Å². The number of anilines is 5. The van der Waals surface area contributed by atoms with Crippen LogP contribution in [-0.2, 0) is 9.36 Å². The molecule has 3 N–H and O–H groups in total. The number of amides is 1. The van der Waals surface area contributed by atoms with Crippen molar-refractivity contribution in [2.45, 2.75) is 0 Å². The summed E-state index contributed by atoms with van der Waals surface area (Å²) in [5, 5.41) is 9.88. The Morgan fingerprint density at radius 3 is 2.56 bits per heavy atom. The van der Waals surface area contributed by atoms with Gasteiger partial charge in [0.25, 0.3) is 0 Å². The number of halogens is 2. The lowest BCUT2D eigenvalue weighted by Crippen LogP contribution is -2.13. The van der Waals surface area contributed by atoms with Gasteiger partial charge in [-0.1, -0.05) is 23.7 Å². The molecule has 0 spiro atoms. The molecule has 0 aliphatic rings. The van der Waals surface area contributed by atoms with Gasteiger partial charge in [-0.05, 0) is 43.7 Å². The first-order chi connectivity index (χ1) is 15.2. The highest BCUT2D eigenvalue weighted by Gasteiger charge is 2.17. The van der Waals surface area contributed by atoms with Crippen LogP contribution in [0.5, 0.6) is 5.75 Å². The summed E-state index contributed by atoms with van der Waals surface area (Å²) in [7, 11) is -1.00. The van der Waals surface area contributed by atoms with Gasteiger partial charge in [-0.3, -0.25) is 4.79 Å². The molecule has 1 heterocycles. The molecule has 0 aliphatic carbocycles. The molecule has 0 atom stereocenters. The summed E-state index contributed by atoms with van der Waals surface area (Å²) in [6.45, 7) is 3.40. The second kappa shape index (κ2) is 10.2. The van der Waals surface area contributed by atoms with Gasteiger partial charge >= 0.3 is 0 Å². The molecule has 1 aromatic heterocycles. The maximum atomic E-state index is 12.7. The maximum absolute atomic E-state index is 12.7. The number of nitrogens with one attached hydrogen (secondary N) is 3. The standard InChI is InChI=1S/C21H22Cl2N5O3P/c1-31-17-9-8-13(25-19(29)11-22)10-16(17)27-21-24-12-14(23)20(28-21)26-15-6-4-5-7-18(15)32(2,3)30/h4-10,12H,11H2,1-3H3,(H,25,29)(H2,24,26,27,28). The number of rotatable bonds is 8. The van der Waals surface area contributed by atoms with Crippen molar-refractivity contribution in [1.29, 1.82) is 0 Å². The molecule has 0 fully saturated rings. The summed E-state index contributed by atoms with van der Waals surface area (Å²) < 4.78 is 18.0. The molecule has 0 saturated carbocycles. The van der Waals surface area contributed by atoms with Gasteiger partial charge in [-0.2, -0.15) is 4.98 Å². The fourth-order valence-corrected chi connectivity index (χ4v) is 4.25. The van der Waals surface area contributed by atoms with Gasteiger partial charge in [0.05, 0.1) is 24.7 Å². The van der Waals surface area contributed by atoms with E-state index in [2.05, 4.69) is 25.9 Å². The number of para-hydroxylation sites is 1. The number of hydrogen-bond donors (Lipinski definition) is 3. The molecule has 11 heteroatoms. The molecule has 8 nitrogen and oxygen atoms in total. The highest BCUT2D eigenvalue weighted by atomic mass is 35.5. The Labute approximate surface area is 196 Å². The molecule has 1 amide bonds. The minimum atomic E-state index is -2.53. The van der Waals surface area contributed by atoms with Crippen molar-refractivity contribution in [3.05, 3.63) is 53.7 Å². The zero-order valence-electron chi connectivity index (χ0n) is 17.6. The second-order valence-electron chi connectivity index (χ2n) is 7.11. The van der Waals surface area contributed by atoms with Crippen molar-refractivity contribution in [2.24, 2.45) is 0 Å². The minimum Gasteiger partial charge on any atom is -0.495 e. The summed E-state index contributed by atoms with van der Waals surface area (Å²) in [4.78, 5) is 20.3. The van der Waals surface area contributed by atoms with Crippen molar-refractivity contribution >= 4 is 70.4 Å². The number of carbonyl (C=O) groups is 1. The van der Waals surface area contributed by atoms with Crippen LogP contribution in [-0.4, -0.2) is 42.2 Å². The van der Waals surface area contributed by atoms with Crippen LogP contribution in [0.4, 0.5) is 28.8 Å². The predicted octanol–water partition coefficient (Wildman–Crippen LogP) is 5.05. The van der Waals surface area contributed by atoms with Crippen LogP contribution in [0.2, 0.25) is 5.02 Å². The Morgan fingerprint density at radius 2 is 1.88 bits per heavy atom. The van der Waals surface area contributed by atoms with E-state index in [4.69, 9.17) is 27.9 Å². The third-order valence-corrected chi connectivity index (χ3v) is 6.40. The summed E-state index contributed by atoms with van der Waals surface area (Å²) >= 11 is 11.9. The van der Waals surface area contributed by atoms with Gasteiger partial charge in [0.2, 0.25) is 11.9 Å². The molecule has 0 radical (unpaired) electrons. The van der Waals surface area contributed by atoms with Crippen LogP contribution in [0.3, 0.4) is 0 Å². The second-order valence-corrected chi connectivity index (χ2v) is 11.0. The summed E-state index contributed by atoms with van der Waals surface area (Å²) in [6.07, 6.45) is 1.45. The average Bonchev–Trinajstić information content (AvgIpc) is 2.76. The monoisotopic (exact) mass is 493 g/mol. The van der Waals surface area contributed by atoms with Crippen molar-refractivity contribution in [3.8, 4) is 5.75 Å². The number of carbonyl (C=O) groups excluding carboxylic acids is 1. The van der Waals surface area contributed by atoms with Gasteiger partial charge in [-0.25, -0.2) is 4.98 Å². The lowest BCUT2D eigenvalue weighted by molar-refractivity contribution is -0.113. The largest absolute Gasteiger partial charge is 0.495 e. The highest BCUT2D eigenvalue weighted by molar-refractivity contribution is 7.70. The first-order valence-electron chi connectivity index (χ1n) is 9.46. The number of nitrogens with zero attached hydrogens (tertiary/aromatic N) is 2. The number of ether oxygens (including phenoxy) is 1. The zero-order chi connectivity index (χ0) is 23.3. The Hall–Kier alpha value is -2.80. The summed E-state index contributed by atoms with van der Waals surface area (Å²) in [6, 6.07) is 12.3. The van der Waals surface area contributed by atoms with E-state index in [-0.39, 0.29) is 17.7 Å². The number of alkyl halides is 1. The quantitative estimate of drug-likeness (QED) is 0.297. The van der Waals surface area contributed by atoms with Crippen molar-refractivity contribution < 1.29 is 14.1 Å². The van der Waals surface area contributed by atoms with E-state index in [1.807, 2.05) is 24.3 Å². The van der Waals surface area contributed by atoms with Crippen molar-refractivity contribution in [2.75, 3.05) is 42.3 Å². The van der Waals surface area contributed by atoms with Gasteiger partial charge in [-0.15, -0.1) is 11.6 Å². The Morgan fingerprint density at radius 1 is 1.12 bits per heavy atom. The molecule has 0 aliphatic heterocycles. The Bertz CT molecular complexity index is 1190. The van der Waals surface area contributed by atoms with Crippen LogP contribution < -0.4 is 26.0 Å². The number of benzene rings is 2. The first kappa shape index (κ1) is 23.9. The van der Waals surface area contributed by atoms with Crippen LogP contribution in [0.15, 0.2) is 48.7 Å². The highest BCUT2D eigenvalue weighted by Crippen LogP contribution is 2.39. The smallest absolute Gasteiger partial charge is 0.239 e. The fourth-order valence-electron chi connectivity index (χ4n) is 2.89. The lowest BCUT2D eigenvalue weighted by Gasteiger charge is -2.16. The molecule has 0 bridgehead atoms.